The zero-order valence-electron chi connectivity index (χ0n) is 17.9. The second-order valence-corrected chi connectivity index (χ2v) is 8.35. The number of aliphatic hydroxyl groups is 1. The number of para-hydroxylation sites is 1. The molecule has 8 heteroatoms. The third-order valence-corrected chi connectivity index (χ3v) is 6.13. The number of hydrogen-bond acceptors (Lipinski definition) is 4. The Balaban J connectivity index is 1.83. The van der Waals surface area contributed by atoms with Crippen LogP contribution in [0.25, 0.3) is 44.2 Å². The Morgan fingerprint density at radius 3 is 2.76 bits per heavy atom. The lowest BCUT2D eigenvalue weighted by Crippen LogP contribution is -2.04. The van der Waals surface area contributed by atoms with Gasteiger partial charge in [0.25, 0.3) is 0 Å². The van der Waals surface area contributed by atoms with Gasteiger partial charge < -0.3 is 14.7 Å². The molecule has 7 nitrogen and oxygen atoms in total. The lowest BCUT2D eigenvalue weighted by Gasteiger charge is -2.04. The summed E-state index contributed by atoms with van der Waals surface area (Å²) in [4.78, 5) is 27.1. The van der Waals surface area contributed by atoms with E-state index in [1.54, 1.807) is 6.20 Å². The van der Waals surface area contributed by atoms with E-state index >= 15 is 0 Å². The first-order valence-corrected chi connectivity index (χ1v) is 10.9. The fourth-order valence-corrected chi connectivity index (χ4v) is 4.59. The van der Waals surface area contributed by atoms with Crippen LogP contribution in [-0.2, 0) is 18.4 Å². The molecule has 0 saturated carbocycles. The van der Waals surface area contributed by atoms with Crippen molar-refractivity contribution < 1.29 is 14.7 Å². The molecule has 2 N–H and O–H groups in total. The quantitative estimate of drug-likeness (QED) is 0.211. The van der Waals surface area contributed by atoms with Gasteiger partial charge in [0, 0.05) is 70.6 Å². The summed E-state index contributed by atoms with van der Waals surface area (Å²) >= 11 is 6.30. The first-order valence-electron chi connectivity index (χ1n) is 10.6. The molecule has 0 aliphatic heterocycles. The minimum Gasteiger partial charge on any atom is -0.396 e. The summed E-state index contributed by atoms with van der Waals surface area (Å²) in [7, 11) is 1.95. The summed E-state index contributed by atoms with van der Waals surface area (Å²) < 4.78 is 3.82. The molecule has 0 amide bonds. The number of aromatic amines is 1. The number of carbonyl (C=O) groups is 2. The molecule has 5 rings (SSSR count). The smallest absolute Gasteiger partial charge is 0.242 e. The van der Waals surface area contributed by atoms with E-state index in [0.717, 1.165) is 32.9 Å². The van der Waals surface area contributed by atoms with Crippen LogP contribution in [0.15, 0.2) is 54.9 Å². The summed E-state index contributed by atoms with van der Waals surface area (Å²) in [5, 5.41) is 16.5. The molecule has 0 spiro atoms. The molecule has 0 unspecified atom stereocenters. The highest BCUT2D eigenvalue weighted by Crippen LogP contribution is 2.41. The van der Waals surface area contributed by atoms with Crippen LogP contribution in [0.2, 0.25) is 5.02 Å². The van der Waals surface area contributed by atoms with E-state index < -0.39 is 5.78 Å². The van der Waals surface area contributed by atoms with Crippen molar-refractivity contribution in [2.45, 2.75) is 13.0 Å². The van der Waals surface area contributed by atoms with Crippen LogP contribution in [0.3, 0.4) is 0 Å². The Morgan fingerprint density at radius 2 is 1.97 bits per heavy atom. The van der Waals surface area contributed by atoms with Gasteiger partial charge in [-0.2, -0.15) is 5.10 Å². The number of benzene rings is 2. The van der Waals surface area contributed by atoms with Crippen LogP contribution in [0.5, 0.6) is 0 Å². The molecule has 3 heterocycles. The van der Waals surface area contributed by atoms with Gasteiger partial charge in [0.15, 0.2) is 6.29 Å². The zero-order chi connectivity index (χ0) is 23.1. The van der Waals surface area contributed by atoms with Crippen molar-refractivity contribution in [3.63, 3.8) is 0 Å². The molecule has 0 saturated heterocycles. The summed E-state index contributed by atoms with van der Waals surface area (Å²) in [5.74, 6) is -0.650. The maximum atomic E-state index is 12.6. The van der Waals surface area contributed by atoms with Gasteiger partial charge in [-0.05, 0) is 30.7 Å². The molecule has 0 radical (unpaired) electrons. The van der Waals surface area contributed by atoms with Crippen LogP contribution in [0.4, 0.5) is 0 Å². The summed E-state index contributed by atoms with van der Waals surface area (Å²) in [6.07, 6.45) is 4.58. The summed E-state index contributed by atoms with van der Waals surface area (Å²) in [5.41, 5.74) is 4.87. The Labute approximate surface area is 194 Å². The van der Waals surface area contributed by atoms with Gasteiger partial charge in [0.05, 0.1) is 11.2 Å². The molecule has 0 aliphatic carbocycles. The molecule has 33 heavy (non-hydrogen) atoms. The van der Waals surface area contributed by atoms with Crippen molar-refractivity contribution in [2.75, 3.05) is 6.61 Å². The molecule has 0 fully saturated rings. The van der Waals surface area contributed by atoms with Crippen molar-refractivity contribution in [1.29, 1.82) is 0 Å². The number of ketones is 1. The van der Waals surface area contributed by atoms with Crippen molar-refractivity contribution in [1.82, 2.24) is 19.3 Å². The number of nitrogens with zero attached hydrogens (tertiary/aromatic N) is 3. The summed E-state index contributed by atoms with van der Waals surface area (Å²) in [6, 6.07) is 13.4. The number of Topliss-reactive ketones (excluding diaryl/α,β-unsaturated/α-hetero) is 1. The van der Waals surface area contributed by atoms with E-state index in [1.165, 1.54) is 0 Å². The van der Waals surface area contributed by atoms with Gasteiger partial charge in [-0.15, -0.1) is 0 Å². The first kappa shape index (κ1) is 21.2. The predicted octanol–water partition coefficient (Wildman–Crippen LogP) is 4.61. The minimum absolute atomic E-state index is 0.0462. The fraction of sp³-hybridized carbons (Fsp3) is 0.160. The number of hydrogen-bond donors (Lipinski definition) is 2. The van der Waals surface area contributed by atoms with Gasteiger partial charge in [-0.3, -0.25) is 14.3 Å². The number of nitrogens with one attached hydrogen (secondary N) is 1. The Bertz CT molecular complexity index is 1530. The molecule has 0 bridgehead atoms. The fourth-order valence-electron chi connectivity index (χ4n) is 4.42. The number of rotatable bonds is 7. The topological polar surface area (TPSA) is 92.9 Å². The lowest BCUT2D eigenvalue weighted by atomic mass is 9.97. The number of aliphatic hydroxyl groups excluding tert-OH is 1. The Hall–Kier alpha value is -3.68. The van der Waals surface area contributed by atoms with Crippen molar-refractivity contribution in [3.8, 4) is 22.4 Å². The monoisotopic (exact) mass is 460 g/mol. The lowest BCUT2D eigenvalue weighted by molar-refractivity contribution is -0.104. The van der Waals surface area contributed by atoms with Gasteiger partial charge in [-0.25, -0.2) is 0 Å². The highest BCUT2D eigenvalue weighted by Gasteiger charge is 2.26. The standard InChI is InChI=1S/C25H21ClN4O3/c1-29-13-19(17-11-15(26)7-8-20(17)29)18-12-27-25(22(33)14-32)23(18)24-16-5-2-3-6-21(16)30(28-24)9-4-10-31/h2-3,5-8,11-14,27,31H,4,9-10H2,1H3. The highest BCUT2D eigenvalue weighted by molar-refractivity contribution is 6.35. The second kappa shape index (κ2) is 8.35. The normalized spacial score (nSPS) is 11.5. The van der Waals surface area contributed by atoms with E-state index in [4.69, 9.17) is 16.7 Å². The zero-order valence-corrected chi connectivity index (χ0v) is 18.6. The number of aromatic nitrogens is 4. The largest absolute Gasteiger partial charge is 0.396 e. The maximum Gasteiger partial charge on any atom is 0.242 e. The molecular formula is C25H21ClN4O3. The number of aryl methyl sites for hydroxylation is 2. The average molecular weight is 461 g/mol. The average Bonchev–Trinajstić information content (AvgIpc) is 3.50. The molecular weight excluding hydrogens is 440 g/mol. The minimum atomic E-state index is -0.650. The van der Waals surface area contributed by atoms with Gasteiger partial charge in [0.2, 0.25) is 5.78 Å². The molecule has 3 aromatic heterocycles. The van der Waals surface area contributed by atoms with Crippen molar-refractivity contribution in [3.05, 3.63) is 65.6 Å². The van der Waals surface area contributed by atoms with Crippen molar-refractivity contribution in [2.24, 2.45) is 7.05 Å². The van der Waals surface area contributed by atoms with Crippen LogP contribution >= 0.6 is 11.6 Å². The third-order valence-electron chi connectivity index (χ3n) is 5.90. The molecule has 0 atom stereocenters. The second-order valence-electron chi connectivity index (χ2n) is 7.92. The molecule has 5 aromatic rings. The number of fused-ring (bicyclic) bond motifs is 2. The Morgan fingerprint density at radius 1 is 1.15 bits per heavy atom. The molecule has 0 aliphatic rings. The van der Waals surface area contributed by atoms with E-state index in [9.17, 15) is 14.7 Å². The Kier molecular flexibility index (Phi) is 5.36. The van der Waals surface area contributed by atoms with E-state index in [1.807, 2.05) is 65.0 Å². The van der Waals surface area contributed by atoms with E-state index in [-0.39, 0.29) is 12.3 Å². The number of halogens is 1. The van der Waals surface area contributed by atoms with Crippen LogP contribution in [0.1, 0.15) is 16.9 Å². The highest BCUT2D eigenvalue weighted by atomic mass is 35.5. The SMILES string of the molecule is Cn1cc(-c2c[nH]c(C(=O)C=O)c2-c2nn(CCCO)c3ccccc23)c2cc(Cl)ccc21. The number of H-pyrrole nitrogens is 1. The number of carbonyl (C=O) groups excluding carboxylic acids is 2. The van der Waals surface area contributed by atoms with Gasteiger partial charge in [-0.1, -0.05) is 29.8 Å². The number of aldehydes is 1. The van der Waals surface area contributed by atoms with E-state index in [0.29, 0.717) is 35.5 Å². The van der Waals surface area contributed by atoms with Crippen LogP contribution in [-0.4, -0.2) is 43.1 Å². The molecule has 166 valence electrons. The van der Waals surface area contributed by atoms with Crippen LogP contribution < -0.4 is 0 Å². The van der Waals surface area contributed by atoms with Crippen molar-refractivity contribution >= 4 is 45.5 Å². The van der Waals surface area contributed by atoms with Crippen LogP contribution in [0, 0.1) is 0 Å². The van der Waals surface area contributed by atoms with Gasteiger partial charge in [0.1, 0.15) is 5.69 Å². The summed E-state index contributed by atoms with van der Waals surface area (Å²) in [6.45, 7) is 0.572. The maximum absolute atomic E-state index is 12.6. The predicted molar refractivity (Wildman–Crippen MR) is 129 cm³/mol. The van der Waals surface area contributed by atoms with Gasteiger partial charge >= 0.3 is 0 Å². The van der Waals surface area contributed by atoms with E-state index in [2.05, 4.69) is 4.98 Å². The first-order chi connectivity index (χ1) is 16.0. The molecule has 2 aromatic carbocycles. The third kappa shape index (κ3) is 3.46.